The van der Waals surface area contributed by atoms with E-state index < -0.39 is 0 Å². The van der Waals surface area contributed by atoms with E-state index in [0.29, 0.717) is 17.9 Å². The third-order valence-corrected chi connectivity index (χ3v) is 6.76. The predicted octanol–water partition coefficient (Wildman–Crippen LogP) is 6.18. The number of benzene rings is 4. The molecule has 1 aliphatic carbocycles. The Morgan fingerprint density at radius 3 is 2.11 bits per heavy atom. The van der Waals surface area contributed by atoms with Gasteiger partial charge in [-0.15, -0.1) is 0 Å². The van der Waals surface area contributed by atoms with Crippen LogP contribution in [0.5, 0.6) is 11.5 Å². The fourth-order valence-corrected chi connectivity index (χ4v) is 4.94. The average molecular weight is 464 g/mol. The number of hydrogen-bond acceptors (Lipinski definition) is 3. The van der Waals surface area contributed by atoms with Crippen LogP contribution in [0.4, 0.5) is 0 Å². The Morgan fingerprint density at radius 1 is 0.771 bits per heavy atom. The van der Waals surface area contributed by atoms with Gasteiger partial charge in [-0.1, -0.05) is 66.7 Å². The van der Waals surface area contributed by atoms with Gasteiger partial charge in [-0.05, 0) is 71.0 Å². The van der Waals surface area contributed by atoms with Crippen LogP contribution in [0.15, 0.2) is 97.1 Å². The molecule has 0 saturated carbocycles. The summed E-state index contributed by atoms with van der Waals surface area (Å²) in [6.45, 7) is 0.500. The van der Waals surface area contributed by atoms with Gasteiger partial charge in [0.05, 0.1) is 19.8 Å². The van der Waals surface area contributed by atoms with Crippen molar-refractivity contribution >= 4 is 5.91 Å². The number of methoxy groups -OCH3 is 2. The smallest absolute Gasteiger partial charge is 0.255 e. The van der Waals surface area contributed by atoms with Crippen molar-refractivity contribution in [3.8, 4) is 22.6 Å². The molecule has 0 aliphatic heterocycles. The van der Waals surface area contributed by atoms with E-state index in [9.17, 15) is 4.79 Å². The van der Waals surface area contributed by atoms with Gasteiger partial charge in [0.15, 0.2) is 0 Å². The molecule has 1 aliphatic rings. The number of nitrogens with zero attached hydrogens (tertiary/aromatic N) is 1. The SMILES string of the molecule is COc1cccc(CN(C(=O)c2cc(OC)ccc2-c2ccccc2)C2Cc3ccccc3C2)c1. The summed E-state index contributed by atoms with van der Waals surface area (Å²) < 4.78 is 11.0. The average Bonchev–Trinajstić information content (AvgIpc) is 3.35. The Kier molecular flexibility index (Phi) is 6.53. The first-order valence-corrected chi connectivity index (χ1v) is 11.9. The lowest BCUT2D eigenvalue weighted by Crippen LogP contribution is -2.40. The van der Waals surface area contributed by atoms with Crippen LogP contribution in [0.1, 0.15) is 27.0 Å². The fourth-order valence-electron chi connectivity index (χ4n) is 4.94. The molecule has 0 radical (unpaired) electrons. The standard InChI is InChI=1S/C31H29NO3/c1-34-27-14-8-9-22(17-27)21-32(26-18-24-12-6-7-13-25(24)19-26)31(33)30-20-28(35-2)15-16-29(30)23-10-4-3-5-11-23/h3-17,20,26H,18-19,21H2,1-2H3. The van der Waals surface area contributed by atoms with Crippen molar-refractivity contribution in [3.63, 3.8) is 0 Å². The molecule has 4 heteroatoms. The molecule has 0 saturated heterocycles. The zero-order chi connectivity index (χ0) is 24.2. The van der Waals surface area contributed by atoms with Crippen molar-refractivity contribution < 1.29 is 14.3 Å². The molecule has 0 atom stereocenters. The van der Waals surface area contributed by atoms with Crippen LogP contribution < -0.4 is 9.47 Å². The molecule has 4 nitrogen and oxygen atoms in total. The highest BCUT2D eigenvalue weighted by Crippen LogP contribution is 2.32. The molecule has 5 rings (SSSR count). The van der Waals surface area contributed by atoms with E-state index in [1.54, 1.807) is 14.2 Å². The molecule has 0 N–H and O–H groups in total. The number of hydrogen-bond donors (Lipinski definition) is 0. The monoisotopic (exact) mass is 463 g/mol. The first kappa shape index (κ1) is 22.7. The van der Waals surface area contributed by atoms with E-state index in [2.05, 4.69) is 30.3 Å². The minimum atomic E-state index is 0.00313. The zero-order valence-corrected chi connectivity index (χ0v) is 20.1. The molecule has 176 valence electrons. The molecule has 0 unspecified atom stereocenters. The first-order valence-electron chi connectivity index (χ1n) is 11.9. The summed E-state index contributed by atoms with van der Waals surface area (Å²) in [5, 5.41) is 0. The molecule has 1 amide bonds. The van der Waals surface area contributed by atoms with Crippen LogP contribution >= 0.6 is 0 Å². The van der Waals surface area contributed by atoms with Crippen molar-refractivity contribution in [1.82, 2.24) is 4.90 Å². The maximum Gasteiger partial charge on any atom is 0.255 e. The Labute approximate surface area is 206 Å². The lowest BCUT2D eigenvalue weighted by atomic mass is 9.97. The Morgan fingerprint density at radius 2 is 1.43 bits per heavy atom. The summed E-state index contributed by atoms with van der Waals surface area (Å²) in [6.07, 6.45) is 1.69. The molecular weight excluding hydrogens is 434 g/mol. The summed E-state index contributed by atoms with van der Waals surface area (Å²) in [4.78, 5) is 16.4. The summed E-state index contributed by atoms with van der Waals surface area (Å²) in [5.41, 5.74) is 6.23. The second-order valence-corrected chi connectivity index (χ2v) is 8.89. The van der Waals surface area contributed by atoms with Gasteiger partial charge in [-0.2, -0.15) is 0 Å². The summed E-state index contributed by atoms with van der Waals surface area (Å²) in [6, 6.07) is 32.3. The third-order valence-electron chi connectivity index (χ3n) is 6.76. The highest BCUT2D eigenvalue weighted by atomic mass is 16.5. The van der Waals surface area contributed by atoms with E-state index in [1.807, 2.05) is 71.6 Å². The molecule has 4 aromatic rings. The quantitative estimate of drug-likeness (QED) is 0.328. The molecular formula is C31H29NO3. The van der Waals surface area contributed by atoms with Crippen molar-refractivity contribution in [2.24, 2.45) is 0 Å². The summed E-state index contributed by atoms with van der Waals surface area (Å²) >= 11 is 0. The van der Waals surface area contributed by atoms with Gasteiger partial charge in [0.2, 0.25) is 0 Å². The maximum atomic E-state index is 14.3. The predicted molar refractivity (Wildman–Crippen MR) is 139 cm³/mol. The fraction of sp³-hybridized carbons (Fsp3) is 0.194. The van der Waals surface area contributed by atoms with Gasteiger partial charge in [0.1, 0.15) is 11.5 Å². The second kappa shape index (κ2) is 10.1. The molecule has 0 spiro atoms. The van der Waals surface area contributed by atoms with E-state index in [0.717, 1.165) is 35.3 Å². The van der Waals surface area contributed by atoms with Crippen LogP contribution in [0.25, 0.3) is 11.1 Å². The maximum absolute atomic E-state index is 14.3. The van der Waals surface area contributed by atoms with Crippen LogP contribution in [-0.4, -0.2) is 31.1 Å². The zero-order valence-electron chi connectivity index (χ0n) is 20.1. The highest BCUT2D eigenvalue weighted by Gasteiger charge is 2.32. The minimum Gasteiger partial charge on any atom is -0.497 e. The molecule has 35 heavy (non-hydrogen) atoms. The first-order chi connectivity index (χ1) is 17.2. The van der Waals surface area contributed by atoms with E-state index in [-0.39, 0.29) is 11.9 Å². The van der Waals surface area contributed by atoms with Gasteiger partial charge in [0.25, 0.3) is 5.91 Å². The number of carbonyl (C=O) groups is 1. The van der Waals surface area contributed by atoms with E-state index in [4.69, 9.17) is 9.47 Å². The largest absolute Gasteiger partial charge is 0.497 e. The van der Waals surface area contributed by atoms with Crippen LogP contribution in [0.3, 0.4) is 0 Å². The van der Waals surface area contributed by atoms with Crippen LogP contribution in [0, 0.1) is 0 Å². The van der Waals surface area contributed by atoms with Crippen molar-refractivity contribution in [3.05, 3.63) is 119 Å². The van der Waals surface area contributed by atoms with E-state index >= 15 is 0 Å². The lowest BCUT2D eigenvalue weighted by Gasteiger charge is -2.30. The van der Waals surface area contributed by atoms with Gasteiger partial charge in [-0.25, -0.2) is 0 Å². The van der Waals surface area contributed by atoms with Crippen molar-refractivity contribution in [2.75, 3.05) is 14.2 Å². The summed E-state index contributed by atoms with van der Waals surface area (Å²) in [5.74, 6) is 1.46. The molecule has 0 bridgehead atoms. The van der Waals surface area contributed by atoms with Gasteiger partial charge in [0, 0.05) is 12.6 Å². The van der Waals surface area contributed by atoms with Crippen molar-refractivity contribution in [2.45, 2.75) is 25.4 Å². The van der Waals surface area contributed by atoms with Gasteiger partial charge < -0.3 is 14.4 Å². The minimum absolute atomic E-state index is 0.00313. The normalized spacial score (nSPS) is 12.7. The lowest BCUT2D eigenvalue weighted by molar-refractivity contribution is 0.0668. The second-order valence-electron chi connectivity index (χ2n) is 8.89. The molecule has 4 aromatic carbocycles. The van der Waals surface area contributed by atoms with E-state index in [1.165, 1.54) is 11.1 Å². The highest BCUT2D eigenvalue weighted by molar-refractivity contribution is 6.01. The number of ether oxygens (including phenoxy) is 2. The molecule has 0 fully saturated rings. The summed E-state index contributed by atoms with van der Waals surface area (Å²) in [7, 11) is 3.30. The Bertz CT molecular complexity index is 1310. The molecule has 0 aromatic heterocycles. The third kappa shape index (κ3) is 4.78. The molecule has 0 heterocycles. The Balaban J connectivity index is 1.57. The number of fused-ring (bicyclic) bond motifs is 1. The Hall–Kier alpha value is -4.05. The van der Waals surface area contributed by atoms with Gasteiger partial charge >= 0.3 is 0 Å². The van der Waals surface area contributed by atoms with Crippen LogP contribution in [0.2, 0.25) is 0 Å². The van der Waals surface area contributed by atoms with Crippen molar-refractivity contribution in [1.29, 1.82) is 0 Å². The number of amides is 1. The topological polar surface area (TPSA) is 38.8 Å². The number of carbonyl (C=O) groups excluding carboxylic acids is 1. The van der Waals surface area contributed by atoms with Crippen LogP contribution in [-0.2, 0) is 19.4 Å². The number of rotatable bonds is 7. The van der Waals surface area contributed by atoms with Gasteiger partial charge in [-0.3, -0.25) is 4.79 Å².